The van der Waals surface area contributed by atoms with Crippen molar-refractivity contribution in [3.63, 3.8) is 0 Å². The fourth-order valence-electron chi connectivity index (χ4n) is 1.75. The molecule has 1 aromatic heterocycles. The summed E-state index contributed by atoms with van der Waals surface area (Å²) < 4.78 is 5.31. The van der Waals surface area contributed by atoms with E-state index < -0.39 is 0 Å². The molecule has 1 N–H and O–H groups in total. The van der Waals surface area contributed by atoms with E-state index in [-0.39, 0.29) is 0 Å². The first-order chi connectivity index (χ1) is 9.92. The molecule has 0 saturated heterocycles. The first-order valence-electron chi connectivity index (χ1n) is 6.33. The molecular formula is C14H17Cl2N3OS. The molecule has 0 aliphatic heterocycles. The van der Waals surface area contributed by atoms with Gasteiger partial charge in [-0.2, -0.15) is 4.98 Å². The minimum Gasteiger partial charge on any atom is -0.480 e. The average Bonchev–Trinajstić information content (AvgIpc) is 2.85. The van der Waals surface area contributed by atoms with E-state index in [1.807, 2.05) is 38.1 Å². The molecule has 0 amide bonds. The molecule has 0 saturated carbocycles. The van der Waals surface area contributed by atoms with Crippen molar-refractivity contribution in [1.29, 1.82) is 0 Å². The number of hydrogen-bond donors (Lipinski definition) is 1. The third-order valence-corrected chi connectivity index (χ3v) is 4.84. The number of aryl methyl sites for hydroxylation is 1. The molecule has 0 spiro atoms. The zero-order valence-corrected chi connectivity index (χ0v) is 14.7. The van der Waals surface area contributed by atoms with E-state index in [1.165, 1.54) is 0 Å². The molecule has 0 radical (unpaired) electrons. The van der Waals surface area contributed by atoms with E-state index in [2.05, 4.69) is 10.3 Å². The van der Waals surface area contributed by atoms with Gasteiger partial charge in [-0.25, -0.2) is 0 Å². The molecule has 114 valence electrons. The highest BCUT2D eigenvalue weighted by molar-refractivity contribution is 7.15. The quantitative estimate of drug-likeness (QED) is 0.868. The first-order valence-corrected chi connectivity index (χ1v) is 7.90. The summed E-state index contributed by atoms with van der Waals surface area (Å²) in [7, 11) is 5.52. The van der Waals surface area contributed by atoms with Crippen LogP contribution in [0.3, 0.4) is 0 Å². The van der Waals surface area contributed by atoms with Crippen LogP contribution < -0.4 is 15.0 Å². The molecule has 1 aromatic carbocycles. The number of nitrogens with zero attached hydrogens (tertiary/aromatic N) is 2. The van der Waals surface area contributed by atoms with Crippen LogP contribution in [0.15, 0.2) is 12.1 Å². The lowest BCUT2D eigenvalue weighted by molar-refractivity contribution is 0.397. The van der Waals surface area contributed by atoms with E-state index in [9.17, 15) is 0 Å². The van der Waals surface area contributed by atoms with Crippen LogP contribution in [0.2, 0.25) is 10.0 Å². The molecule has 2 aromatic rings. The smallest absolute Gasteiger partial charge is 0.231 e. The van der Waals surface area contributed by atoms with Gasteiger partial charge in [-0.15, -0.1) is 0 Å². The second-order valence-electron chi connectivity index (χ2n) is 4.76. The summed E-state index contributed by atoms with van der Waals surface area (Å²) in [6, 6.07) is 3.68. The topological polar surface area (TPSA) is 37.4 Å². The Morgan fingerprint density at radius 1 is 1.29 bits per heavy atom. The van der Waals surface area contributed by atoms with Gasteiger partial charge in [-0.1, -0.05) is 34.5 Å². The number of rotatable bonds is 5. The van der Waals surface area contributed by atoms with Gasteiger partial charge in [0.15, 0.2) is 5.13 Å². The monoisotopic (exact) mass is 345 g/mol. The standard InChI is InChI=1S/C14H17Cl2N3OS/c1-8-5-10(16)11(6-9(8)15)17-7-12-13(20-4)18-14(21-12)19(2)3/h5-6,17H,7H2,1-4H3. The molecule has 2 rings (SSSR count). The zero-order chi connectivity index (χ0) is 15.6. The Hall–Kier alpha value is -1.17. The average molecular weight is 346 g/mol. The second-order valence-corrected chi connectivity index (χ2v) is 6.63. The van der Waals surface area contributed by atoms with E-state index in [4.69, 9.17) is 27.9 Å². The van der Waals surface area contributed by atoms with Gasteiger partial charge in [0.25, 0.3) is 0 Å². The van der Waals surface area contributed by atoms with E-state index in [1.54, 1.807) is 18.4 Å². The van der Waals surface area contributed by atoms with E-state index in [0.29, 0.717) is 22.5 Å². The van der Waals surface area contributed by atoms with Crippen LogP contribution in [0.4, 0.5) is 10.8 Å². The summed E-state index contributed by atoms with van der Waals surface area (Å²) >= 11 is 13.9. The highest BCUT2D eigenvalue weighted by Crippen LogP contribution is 2.33. The van der Waals surface area contributed by atoms with Gasteiger partial charge >= 0.3 is 0 Å². The Morgan fingerprint density at radius 3 is 2.62 bits per heavy atom. The lowest BCUT2D eigenvalue weighted by Gasteiger charge is -2.10. The molecule has 1 heterocycles. The highest BCUT2D eigenvalue weighted by Gasteiger charge is 2.13. The SMILES string of the molecule is COc1nc(N(C)C)sc1CNc1cc(Cl)c(C)cc1Cl. The molecule has 0 unspecified atom stereocenters. The summed E-state index contributed by atoms with van der Waals surface area (Å²) in [5, 5.41) is 5.51. The fraction of sp³-hybridized carbons (Fsp3) is 0.357. The third kappa shape index (κ3) is 3.73. The third-order valence-electron chi connectivity index (χ3n) is 2.91. The van der Waals surface area contributed by atoms with E-state index >= 15 is 0 Å². The van der Waals surface area contributed by atoms with Crippen molar-refractivity contribution in [2.75, 3.05) is 31.4 Å². The van der Waals surface area contributed by atoms with Gasteiger partial charge in [0.2, 0.25) is 5.88 Å². The number of hydrogen-bond acceptors (Lipinski definition) is 5. The first kappa shape index (κ1) is 16.2. The summed E-state index contributed by atoms with van der Waals surface area (Å²) in [6.45, 7) is 2.50. The largest absolute Gasteiger partial charge is 0.480 e. The molecule has 7 heteroatoms. The van der Waals surface area contributed by atoms with Crippen molar-refractivity contribution < 1.29 is 4.74 Å². The van der Waals surface area contributed by atoms with Crippen molar-refractivity contribution in [1.82, 2.24) is 4.98 Å². The van der Waals surface area contributed by atoms with Gasteiger partial charge in [-0.3, -0.25) is 0 Å². The molecule has 0 aliphatic carbocycles. The minimum absolute atomic E-state index is 0.577. The van der Waals surface area contributed by atoms with Crippen LogP contribution in [0.1, 0.15) is 10.4 Å². The van der Waals surface area contributed by atoms with Gasteiger partial charge in [0, 0.05) is 19.1 Å². The van der Waals surface area contributed by atoms with Crippen LogP contribution in [-0.2, 0) is 6.54 Å². The van der Waals surface area contributed by atoms with E-state index in [0.717, 1.165) is 21.3 Å². The van der Waals surface area contributed by atoms with Crippen molar-refractivity contribution >= 4 is 45.4 Å². The van der Waals surface area contributed by atoms with Gasteiger partial charge in [0.05, 0.1) is 29.2 Å². The normalized spacial score (nSPS) is 10.6. The zero-order valence-electron chi connectivity index (χ0n) is 12.3. The summed E-state index contributed by atoms with van der Waals surface area (Å²) in [6.07, 6.45) is 0. The molecule has 21 heavy (non-hydrogen) atoms. The fourth-order valence-corrected chi connectivity index (χ4v) is 3.09. The van der Waals surface area contributed by atoms with Gasteiger partial charge < -0.3 is 15.0 Å². The van der Waals surface area contributed by atoms with Crippen molar-refractivity contribution in [3.8, 4) is 5.88 Å². The van der Waals surface area contributed by atoms with Crippen LogP contribution in [0.5, 0.6) is 5.88 Å². The molecular weight excluding hydrogens is 329 g/mol. The predicted octanol–water partition coefficient (Wildman–Crippen LogP) is 4.45. The number of halogens is 2. The minimum atomic E-state index is 0.577. The Labute approximate surface area is 138 Å². The van der Waals surface area contributed by atoms with Gasteiger partial charge in [-0.05, 0) is 24.6 Å². The second kappa shape index (κ2) is 6.73. The lowest BCUT2D eigenvalue weighted by atomic mass is 10.2. The summed E-state index contributed by atoms with van der Waals surface area (Å²) in [5.41, 5.74) is 1.76. The number of anilines is 2. The summed E-state index contributed by atoms with van der Waals surface area (Å²) in [4.78, 5) is 7.38. The van der Waals surface area contributed by atoms with Crippen LogP contribution >= 0.6 is 34.5 Å². The maximum atomic E-state index is 6.22. The highest BCUT2D eigenvalue weighted by atomic mass is 35.5. The molecule has 4 nitrogen and oxygen atoms in total. The Kier molecular flexibility index (Phi) is 5.19. The number of nitrogens with one attached hydrogen (secondary N) is 1. The lowest BCUT2D eigenvalue weighted by Crippen LogP contribution is -2.07. The van der Waals surface area contributed by atoms with Gasteiger partial charge in [0.1, 0.15) is 0 Å². The number of ether oxygens (including phenoxy) is 1. The van der Waals surface area contributed by atoms with Crippen molar-refractivity contribution in [3.05, 3.63) is 32.6 Å². The molecule has 0 fully saturated rings. The summed E-state index contributed by atoms with van der Waals surface area (Å²) in [5.74, 6) is 0.630. The predicted molar refractivity (Wildman–Crippen MR) is 91.5 cm³/mol. The van der Waals surface area contributed by atoms with Crippen LogP contribution in [0, 0.1) is 6.92 Å². The maximum Gasteiger partial charge on any atom is 0.231 e. The number of methoxy groups -OCH3 is 1. The van der Waals surface area contributed by atoms with Crippen LogP contribution in [0.25, 0.3) is 0 Å². The number of aromatic nitrogens is 1. The molecule has 0 aliphatic rings. The Morgan fingerprint density at radius 2 is 2.00 bits per heavy atom. The van der Waals surface area contributed by atoms with Crippen LogP contribution in [-0.4, -0.2) is 26.2 Å². The molecule has 0 bridgehead atoms. The van der Waals surface area contributed by atoms with Crippen molar-refractivity contribution in [2.45, 2.75) is 13.5 Å². The number of thiazole rings is 1. The Bertz CT molecular complexity index is 643. The Balaban J connectivity index is 2.18. The molecule has 0 atom stereocenters. The maximum absolute atomic E-state index is 6.22. The van der Waals surface area contributed by atoms with Crippen molar-refractivity contribution in [2.24, 2.45) is 0 Å². The number of benzene rings is 1.